The van der Waals surface area contributed by atoms with E-state index in [1.54, 1.807) is 6.07 Å². The Labute approximate surface area is 176 Å². The molecule has 0 aliphatic carbocycles. The summed E-state index contributed by atoms with van der Waals surface area (Å²) in [6.45, 7) is 0.430. The first-order valence-electron chi connectivity index (χ1n) is 9.78. The highest BCUT2D eigenvalue weighted by molar-refractivity contribution is 6.09. The van der Waals surface area contributed by atoms with Crippen LogP contribution in [0.3, 0.4) is 0 Å². The van der Waals surface area contributed by atoms with E-state index in [1.807, 2.05) is 103 Å². The Balaban J connectivity index is 1.51. The Kier molecular flexibility index (Phi) is 6.06. The van der Waals surface area contributed by atoms with Gasteiger partial charge in [0.15, 0.2) is 0 Å². The molecule has 4 rings (SSSR count). The highest BCUT2D eigenvalue weighted by Gasteiger charge is 2.14. The molecule has 0 aliphatic heterocycles. The first-order valence-corrected chi connectivity index (χ1v) is 9.78. The van der Waals surface area contributed by atoms with Crippen molar-refractivity contribution in [2.24, 2.45) is 0 Å². The second kappa shape index (κ2) is 9.43. The van der Waals surface area contributed by atoms with Crippen molar-refractivity contribution >= 4 is 23.0 Å². The van der Waals surface area contributed by atoms with Crippen molar-refractivity contribution in [2.75, 3.05) is 10.6 Å². The second-order valence-electron chi connectivity index (χ2n) is 6.76. The molecule has 2 N–H and O–H groups in total. The third-order valence-electron chi connectivity index (χ3n) is 4.60. The highest BCUT2D eigenvalue weighted by atomic mass is 16.5. The molecule has 0 atom stereocenters. The van der Waals surface area contributed by atoms with Gasteiger partial charge in [0.05, 0.1) is 16.9 Å². The fraction of sp³-hybridized carbons (Fsp3) is 0.0385. The summed E-state index contributed by atoms with van der Waals surface area (Å²) in [4.78, 5) is 13.0. The molecule has 4 aromatic carbocycles. The molecular formula is C26H22N2O2. The maximum Gasteiger partial charge on any atom is 0.257 e. The molecule has 4 heteroatoms. The number of hydrogen-bond donors (Lipinski definition) is 2. The molecule has 4 aromatic rings. The minimum Gasteiger partial charge on any atom is -0.487 e. The Morgan fingerprint density at radius 2 is 1.27 bits per heavy atom. The lowest BCUT2D eigenvalue weighted by atomic mass is 10.1. The van der Waals surface area contributed by atoms with E-state index in [1.165, 1.54) is 0 Å². The van der Waals surface area contributed by atoms with Gasteiger partial charge in [-0.2, -0.15) is 0 Å². The number of carbonyl (C=O) groups excluding carboxylic acids is 1. The molecule has 4 nitrogen and oxygen atoms in total. The van der Waals surface area contributed by atoms with Gasteiger partial charge in [-0.15, -0.1) is 0 Å². The maximum absolute atomic E-state index is 13.0. The van der Waals surface area contributed by atoms with Gasteiger partial charge in [0.1, 0.15) is 12.4 Å². The summed E-state index contributed by atoms with van der Waals surface area (Å²) in [6.07, 6.45) is 0. The van der Waals surface area contributed by atoms with Gasteiger partial charge in [0.2, 0.25) is 0 Å². The summed E-state index contributed by atoms with van der Waals surface area (Å²) < 4.78 is 5.96. The van der Waals surface area contributed by atoms with E-state index in [2.05, 4.69) is 10.6 Å². The van der Waals surface area contributed by atoms with Crippen LogP contribution < -0.4 is 15.4 Å². The van der Waals surface area contributed by atoms with Crippen LogP contribution in [-0.4, -0.2) is 5.91 Å². The number of hydrogen-bond acceptors (Lipinski definition) is 3. The summed E-state index contributed by atoms with van der Waals surface area (Å²) in [5, 5.41) is 6.29. The zero-order valence-corrected chi connectivity index (χ0v) is 16.4. The van der Waals surface area contributed by atoms with E-state index in [-0.39, 0.29) is 5.91 Å². The standard InChI is InChI=1S/C26H22N2O2/c29-26(22-15-7-8-16-23(22)27-21-13-5-2-6-14-21)28-24-17-9-10-18-25(24)30-19-20-11-3-1-4-12-20/h1-18,27H,19H2,(H,28,29). The molecule has 0 spiro atoms. The topological polar surface area (TPSA) is 50.4 Å². The summed E-state index contributed by atoms with van der Waals surface area (Å²) in [5.41, 5.74) is 3.91. The van der Waals surface area contributed by atoms with E-state index < -0.39 is 0 Å². The van der Waals surface area contributed by atoms with Crippen molar-refractivity contribution < 1.29 is 9.53 Å². The lowest BCUT2D eigenvalue weighted by Crippen LogP contribution is -2.14. The average molecular weight is 394 g/mol. The molecule has 0 bridgehead atoms. The lowest BCUT2D eigenvalue weighted by molar-refractivity contribution is 0.102. The predicted octanol–water partition coefficient (Wildman–Crippen LogP) is 6.26. The number of nitrogens with one attached hydrogen (secondary N) is 2. The molecule has 148 valence electrons. The highest BCUT2D eigenvalue weighted by Crippen LogP contribution is 2.27. The van der Waals surface area contributed by atoms with Crippen LogP contribution in [0.25, 0.3) is 0 Å². The number of ether oxygens (including phenoxy) is 1. The van der Waals surface area contributed by atoms with Crippen LogP contribution in [0.2, 0.25) is 0 Å². The molecule has 0 radical (unpaired) electrons. The zero-order chi connectivity index (χ0) is 20.6. The van der Waals surface area contributed by atoms with Crippen LogP contribution in [0, 0.1) is 0 Å². The molecule has 0 aromatic heterocycles. The Hall–Kier alpha value is -4.05. The quantitative estimate of drug-likeness (QED) is 0.389. The summed E-state index contributed by atoms with van der Waals surface area (Å²) in [7, 11) is 0. The minimum atomic E-state index is -0.204. The number of benzene rings is 4. The SMILES string of the molecule is O=C(Nc1ccccc1OCc1ccccc1)c1ccccc1Nc1ccccc1. The summed E-state index contributed by atoms with van der Waals surface area (Å²) >= 11 is 0. The van der Waals surface area contributed by atoms with Crippen molar-refractivity contribution in [1.29, 1.82) is 0 Å². The van der Waals surface area contributed by atoms with E-state index in [0.717, 1.165) is 16.9 Å². The van der Waals surface area contributed by atoms with E-state index in [9.17, 15) is 4.79 Å². The predicted molar refractivity (Wildman–Crippen MR) is 121 cm³/mol. The lowest BCUT2D eigenvalue weighted by Gasteiger charge is -2.15. The van der Waals surface area contributed by atoms with Crippen LogP contribution in [0.1, 0.15) is 15.9 Å². The largest absolute Gasteiger partial charge is 0.487 e. The fourth-order valence-corrected chi connectivity index (χ4v) is 3.09. The number of amides is 1. The van der Waals surface area contributed by atoms with Crippen molar-refractivity contribution in [3.8, 4) is 5.75 Å². The third kappa shape index (κ3) is 4.86. The van der Waals surface area contributed by atoms with Crippen LogP contribution >= 0.6 is 0 Å². The van der Waals surface area contributed by atoms with Gasteiger partial charge in [0.25, 0.3) is 5.91 Å². The maximum atomic E-state index is 13.0. The van der Waals surface area contributed by atoms with Gasteiger partial charge in [0, 0.05) is 5.69 Å². The van der Waals surface area contributed by atoms with E-state index in [0.29, 0.717) is 23.6 Å². The number of para-hydroxylation sites is 4. The normalized spacial score (nSPS) is 10.3. The first kappa shape index (κ1) is 19.3. The molecule has 0 unspecified atom stereocenters. The average Bonchev–Trinajstić information content (AvgIpc) is 2.80. The van der Waals surface area contributed by atoms with Gasteiger partial charge >= 0.3 is 0 Å². The summed E-state index contributed by atoms with van der Waals surface area (Å²) in [5.74, 6) is 0.424. The molecule has 1 amide bonds. The third-order valence-corrected chi connectivity index (χ3v) is 4.60. The van der Waals surface area contributed by atoms with Crippen molar-refractivity contribution in [3.05, 3.63) is 120 Å². The van der Waals surface area contributed by atoms with E-state index >= 15 is 0 Å². The second-order valence-corrected chi connectivity index (χ2v) is 6.76. The van der Waals surface area contributed by atoms with Crippen LogP contribution in [0.15, 0.2) is 109 Å². The Bertz CT molecular complexity index is 1110. The molecule has 0 saturated carbocycles. The zero-order valence-electron chi connectivity index (χ0n) is 16.4. The molecule has 30 heavy (non-hydrogen) atoms. The smallest absolute Gasteiger partial charge is 0.257 e. The molecule has 0 saturated heterocycles. The molecule has 0 heterocycles. The first-order chi connectivity index (χ1) is 14.8. The summed E-state index contributed by atoms with van der Waals surface area (Å²) in [6, 6.07) is 34.6. The van der Waals surface area contributed by atoms with Gasteiger partial charge < -0.3 is 15.4 Å². The molecule has 0 aliphatic rings. The number of anilines is 3. The molecular weight excluding hydrogens is 372 g/mol. The Morgan fingerprint density at radius 3 is 2.03 bits per heavy atom. The van der Waals surface area contributed by atoms with E-state index in [4.69, 9.17) is 4.74 Å². The van der Waals surface area contributed by atoms with Crippen LogP contribution in [0.5, 0.6) is 5.75 Å². The van der Waals surface area contributed by atoms with Crippen LogP contribution in [0.4, 0.5) is 17.1 Å². The fourth-order valence-electron chi connectivity index (χ4n) is 3.09. The minimum absolute atomic E-state index is 0.204. The van der Waals surface area contributed by atoms with Crippen molar-refractivity contribution in [2.45, 2.75) is 6.61 Å². The number of rotatable bonds is 7. The van der Waals surface area contributed by atoms with Gasteiger partial charge in [-0.05, 0) is 42.0 Å². The van der Waals surface area contributed by atoms with Gasteiger partial charge in [-0.3, -0.25) is 4.79 Å². The van der Waals surface area contributed by atoms with Crippen molar-refractivity contribution in [3.63, 3.8) is 0 Å². The van der Waals surface area contributed by atoms with Gasteiger partial charge in [-0.25, -0.2) is 0 Å². The Morgan fingerprint density at radius 1 is 0.667 bits per heavy atom. The molecule has 0 fully saturated rings. The monoisotopic (exact) mass is 394 g/mol. The van der Waals surface area contributed by atoms with Crippen molar-refractivity contribution in [1.82, 2.24) is 0 Å². The number of carbonyl (C=O) groups is 1. The van der Waals surface area contributed by atoms with Gasteiger partial charge in [-0.1, -0.05) is 72.8 Å². The van der Waals surface area contributed by atoms with Crippen LogP contribution in [-0.2, 0) is 6.61 Å².